The molecule has 0 aliphatic carbocycles. The van der Waals surface area contributed by atoms with E-state index in [2.05, 4.69) is 4.74 Å². The Bertz CT molecular complexity index is 821. The highest BCUT2D eigenvalue weighted by Gasteiger charge is 2.14. The maximum atomic E-state index is 12.5. The number of alkyl halides is 2. The highest BCUT2D eigenvalue weighted by atomic mass is 35.5. The van der Waals surface area contributed by atoms with E-state index in [0.29, 0.717) is 21.4 Å². The number of carbonyl (C=O) groups excluding carboxylic acids is 1. The third-order valence-corrected chi connectivity index (χ3v) is 4.50. The summed E-state index contributed by atoms with van der Waals surface area (Å²) in [4.78, 5) is 13.7. The van der Waals surface area contributed by atoms with E-state index in [1.54, 1.807) is 31.3 Å². The fourth-order valence-corrected chi connectivity index (χ4v) is 2.67. The monoisotopic (exact) mass is 433 g/mol. The summed E-state index contributed by atoms with van der Waals surface area (Å²) < 4.78 is 40.0. The molecule has 0 aliphatic heterocycles. The molecule has 0 aliphatic rings. The Hall–Kier alpha value is -2.25. The van der Waals surface area contributed by atoms with E-state index >= 15 is 0 Å². The van der Waals surface area contributed by atoms with Gasteiger partial charge in [-0.1, -0.05) is 29.3 Å². The van der Waals surface area contributed by atoms with Crippen molar-refractivity contribution in [1.29, 1.82) is 0 Å². The first-order valence-electron chi connectivity index (χ1n) is 8.23. The van der Waals surface area contributed by atoms with Crippen LogP contribution in [0.5, 0.6) is 17.2 Å². The predicted molar refractivity (Wildman–Crippen MR) is 103 cm³/mol. The summed E-state index contributed by atoms with van der Waals surface area (Å²) in [7, 11) is 2.97. The van der Waals surface area contributed by atoms with Crippen LogP contribution in [-0.4, -0.2) is 38.2 Å². The van der Waals surface area contributed by atoms with E-state index in [1.807, 2.05) is 0 Å². The molecule has 0 fully saturated rings. The average molecular weight is 434 g/mol. The Morgan fingerprint density at radius 1 is 1.11 bits per heavy atom. The van der Waals surface area contributed by atoms with Crippen LogP contribution in [-0.2, 0) is 11.3 Å². The van der Waals surface area contributed by atoms with Crippen LogP contribution in [0.25, 0.3) is 0 Å². The Balaban J connectivity index is 1.90. The molecule has 0 unspecified atom stereocenters. The van der Waals surface area contributed by atoms with Crippen molar-refractivity contribution in [3.05, 3.63) is 52.0 Å². The number of rotatable bonds is 9. The maximum Gasteiger partial charge on any atom is 0.387 e. The van der Waals surface area contributed by atoms with Gasteiger partial charge >= 0.3 is 6.61 Å². The van der Waals surface area contributed by atoms with Gasteiger partial charge in [-0.15, -0.1) is 0 Å². The molecule has 9 heteroatoms. The number of methoxy groups -OCH3 is 1. The van der Waals surface area contributed by atoms with Gasteiger partial charge in [0, 0.05) is 19.7 Å². The molecule has 152 valence electrons. The lowest BCUT2D eigenvalue weighted by Gasteiger charge is -2.19. The van der Waals surface area contributed by atoms with Crippen LogP contribution in [0.2, 0.25) is 10.0 Å². The Labute approximate surface area is 171 Å². The van der Waals surface area contributed by atoms with Crippen molar-refractivity contribution in [3.8, 4) is 17.2 Å². The Morgan fingerprint density at radius 2 is 1.86 bits per heavy atom. The molecule has 0 bridgehead atoms. The van der Waals surface area contributed by atoms with Crippen LogP contribution in [0.3, 0.4) is 0 Å². The summed E-state index contributed by atoms with van der Waals surface area (Å²) in [5.74, 6) is 0.438. The quantitative estimate of drug-likeness (QED) is 0.556. The van der Waals surface area contributed by atoms with Crippen LogP contribution in [0.4, 0.5) is 8.78 Å². The number of hydrogen-bond donors (Lipinski definition) is 0. The molecule has 0 saturated carbocycles. The Morgan fingerprint density at radius 3 is 2.50 bits per heavy atom. The van der Waals surface area contributed by atoms with Crippen molar-refractivity contribution in [2.24, 2.45) is 0 Å². The predicted octanol–water partition coefficient (Wildman–Crippen LogP) is 5.03. The normalized spacial score (nSPS) is 10.7. The molecule has 2 aromatic carbocycles. The SMILES string of the molecule is COc1ccc(CN(C)C(=O)CCOc2ccc(Cl)c(Cl)c2)cc1OC(F)F. The van der Waals surface area contributed by atoms with Crippen molar-refractivity contribution < 1.29 is 27.8 Å². The topological polar surface area (TPSA) is 48.0 Å². The maximum absolute atomic E-state index is 12.5. The van der Waals surface area contributed by atoms with Crippen molar-refractivity contribution >= 4 is 29.1 Å². The summed E-state index contributed by atoms with van der Waals surface area (Å²) in [6.45, 7) is -2.60. The second kappa shape index (κ2) is 10.3. The molecule has 2 aromatic rings. The number of benzene rings is 2. The summed E-state index contributed by atoms with van der Waals surface area (Å²) in [5, 5.41) is 0.781. The van der Waals surface area contributed by atoms with Gasteiger partial charge in [0.2, 0.25) is 5.91 Å². The van der Waals surface area contributed by atoms with E-state index < -0.39 is 6.61 Å². The summed E-state index contributed by atoms with van der Waals surface area (Å²) in [5.41, 5.74) is 0.623. The Kier molecular flexibility index (Phi) is 8.14. The lowest BCUT2D eigenvalue weighted by molar-refractivity contribution is -0.130. The highest BCUT2D eigenvalue weighted by Crippen LogP contribution is 2.30. The third kappa shape index (κ3) is 6.42. The van der Waals surface area contributed by atoms with Gasteiger partial charge in [0.25, 0.3) is 0 Å². The van der Waals surface area contributed by atoms with E-state index in [0.717, 1.165) is 0 Å². The second-order valence-corrected chi connectivity index (χ2v) is 6.60. The van der Waals surface area contributed by atoms with Crippen LogP contribution < -0.4 is 14.2 Å². The fraction of sp³-hybridized carbons (Fsp3) is 0.316. The molecule has 5 nitrogen and oxygen atoms in total. The number of nitrogens with zero attached hydrogens (tertiary/aromatic N) is 1. The smallest absolute Gasteiger partial charge is 0.387 e. The van der Waals surface area contributed by atoms with Gasteiger partial charge in [-0.25, -0.2) is 0 Å². The molecular weight excluding hydrogens is 415 g/mol. The molecule has 1 amide bonds. The minimum absolute atomic E-state index is 0.0844. The standard InChI is InChI=1S/C19H19Cl2F2NO4/c1-24(11-12-3-6-16(26-2)17(9-12)28-19(22)23)18(25)7-8-27-13-4-5-14(20)15(21)10-13/h3-6,9-10,19H,7-8,11H2,1-2H3. The van der Waals surface area contributed by atoms with E-state index in [9.17, 15) is 13.6 Å². The average Bonchev–Trinajstić information content (AvgIpc) is 2.64. The number of carbonyl (C=O) groups is 1. The van der Waals surface area contributed by atoms with Gasteiger partial charge in [-0.2, -0.15) is 8.78 Å². The molecular formula is C19H19Cl2F2NO4. The molecule has 0 spiro atoms. The summed E-state index contributed by atoms with van der Waals surface area (Å²) in [6.07, 6.45) is 0.132. The van der Waals surface area contributed by atoms with Crippen molar-refractivity contribution in [3.63, 3.8) is 0 Å². The number of halogens is 4. The zero-order valence-electron chi connectivity index (χ0n) is 15.3. The van der Waals surface area contributed by atoms with E-state index in [-0.39, 0.29) is 37.0 Å². The first-order chi connectivity index (χ1) is 13.3. The number of ether oxygens (including phenoxy) is 3. The first kappa shape index (κ1) is 22.0. The van der Waals surface area contributed by atoms with Crippen molar-refractivity contribution in [1.82, 2.24) is 4.90 Å². The highest BCUT2D eigenvalue weighted by molar-refractivity contribution is 6.42. The minimum atomic E-state index is -2.97. The minimum Gasteiger partial charge on any atom is -0.493 e. The van der Waals surface area contributed by atoms with E-state index in [4.69, 9.17) is 32.7 Å². The zero-order valence-corrected chi connectivity index (χ0v) is 16.8. The number of amides is 1. The summed E-state index contributed by atoms with van der Waals surface area (Å²) >= 11 is 11.7. The van der Waals surface area contributed by atoms with Gasteiger partial charge < -0.3 is 19.1 Å². The fourth-order valence-electron chi connectivity index (χ4n) is 2.38. The largest absolute Gasteiger partial charge is 0.493 e. The van der Waals surface area contributed by atoms with Gasteiger partial charge in [0.1, 0.15) is 5.75 Å². The van der Waals surface area contributed by atoms with Crippen LogP contribution in [0.15, 0.2) is 36.4 Å². The van der Waals surface area contributed by atoms with Crippen LogP contribution in [0, 0.1) is 0 Å². The molecule has 0 heterocycles. The molecule has 0 saturated heterocycles. The molecule has 28 heavy (non-hydrogen) atoms. The summed E-state index contributed by atoms with van der Waals surface area (Å²) in [6, 6.07) is 9.44. The third-order valence-electron chi connectivity index (χ3n) is 3.77. The molecule has 2 rings (SSSR count). The molecule has 0 atom stereocenters. The lowest BCUT2D eigenvalue weighted by atomic mass is 10.2. The van der Waals surface area contributed by atoms with Gasteiger partial charge in [-0.05, 0) is 29.8 Å². The number of hydrogen-bond acceptors (Lipinski definition) is 4. The van der Waals surface area contributed by atoms with Crippen molar-refractivity contribution in [2.75, 3.05) is 20.8 Å². The first-order valence-corrected chi connectivity index (χ1v) is 8.99. The van der Waals surface area contributed by atoms with Crippen molar-refractivity contribution in [2.45, 2.75) is 19.6 Å². The zero-order chi connectivity index (χ0) is 20.7. The van der Waals surface area contributed by atoms with Crippen LogP contribution >= 0.6 is 23.2 Å². The van der Waals surface area contributed by atoms with Gasteiger partial charge in [0.15, 0.2) is 11.5 Å². The van der Waals surface area contributed by atoms with E-state index in [1.165, 1.54) is 24.1 Å². The molecule has 0 N–H and O–H groups in total. The van der Waals surface area contributed by atoms with Gasteiger partial charge in [0.05, 0.1) is 30.2 Å². The second-order valence-electron chi connectivity index (χ2n) is 5.79. The lowest BCUT2D eigenvalue weighted by Crippen LogP contribution is -2.27. The van der Waals surface area contributed by atoms with Crippen LogP contribution in [0.1, 0.15) is 12.0 Å². The molecule has 0 aromatic heterocycles. The van der Waals surface area contributed by atoms with Gasteiger partial charge in [-0.3, -0.25) is 4.79 Å². The molecule has 0 radical (unpaired) electrons.